The molecule has 0 radical (unpaired) electrons. The molecule has 0 amide bonds. The Balaban J connectivity index is 4.06. The van der Waals surface area contributed by atoms with Gasteiger partial charge in [0.25, 0.3) is 0 Å². The molecule has 14 heavy (non-hydrogen) atoms. The first-order chi connectivity index (χ1) is 6.67. The van der Waals surface area contributed by atoms with Crippen LogP contribution in [0.4, 0.5) is 0 Å². The minimum Gasteiger partial charge on any atom is -0.396 e. The van der Waals surface area contributed by atoms with Crippen LogP contribution in [0, 0.1) is 11.8 Å². The van der Waals surface area contributed by atoms with E-state index < -0.39 is 6.10 Å². The van der Waals surface area contributed by atoms with E-state index in [4.69, 9.17) is 5.11 Å². The molecule has 0 aliphatic heterocycles. The summed E-state index contributed by atoms with van der Waals surface area (Å²) in [4.78, 5) is 0. The monoisotopic (exact) mass is 196 g/mol. The molecule has 0 aromatic heterocycles. The van der Waals surface area contributed by atoms with Crippen molar-refractivity contribution in [1.29, 1.82) is 0 Å². The summed E-state index contributed by atoms with van der Waals surface area (Å²) < 4.78 is 0. The van der Waals surface area contributed by atoms with Crippen LogP contribution in [0.3, 0.4) is 0 Å². The van der Waals surface area contributed by atoms with E-state index in [2.05, 4.69) is 19.7 Å². The number of aliphatic hydroxyl groups is 2. The van der Waals surface area contributed by atoms with Crippen LogP contribution in [0.15, 0.2) is 38.0 Å². The molecule has 0 saturated heterocycles. The highest BCUT2D eigenvalue weighted by molar-refractivity contribution is 4.91. The maximum atomic E-state index is 9.36. The van der Waals surface area contributed by atoms with Gasteiger partial charge in [-0.1, -0.05) is 18.2 Å². The maximum absolute atomic E-state index is 9.36. The van der Waals surface area contributed by atoms with Crippen molar-refractivity contribution in [3.05, 3.63) is 38.0 Å². The summed E-state index contributed by atoms with van der Waals surface area (Å²) in [5.41, 5.74) is 0. The van der Waals surface area contributed by atoms with Gasteiger partial charge >= 0.3 is 0 Å². The molecule has 0 aliphatic rings. The first kappa shape index (κ1) is 13.1. The summed E-state index contributed by atoms with van der Waals surface area (Å²) in [6, 6.07) is 0. The van der Waals surface area contributed by atoms with Crippen LogP contribution < -0.4 is 0 Å². The van der Waals surface area contributed by atoms with E-state index in [0.717, 1.165) is 6.42 Å². The predicted molar refractivity (Wildman–Crippen MR) is 59.9 cm³/mol. The van der Waals surface area contributed by atoms with Gasteiger partial charge in [0.1, 0.15) is 0 Å². The van der Waals surface area contributed by atoms with Crippen molar-refractivity contribution in [1.82, 2.24) is 0 Å². The second-order valence-corrected chi connectivity index (χ2v) is 3.45. The number of allylic oxidation sites excluding steroid dienone is 1. The number of hydrogen-bond acceptors (Lipinski definition) is 2. The van der Waals surface area contributed by atoms with E-state index in [-0.39, 0.29) is 18.4 Å². The van der Waals surface area contributed by atoms with E-state index in [1.165, 1.54) is 6.08 Å². The third-order valence-corrected chi connectivity index (χ3v) is 2.32. The summed E-state index contributed by atoms with van der Waals surface area (Å²) in [6.07, 6.45) is 5.93. The lowest BCUT2D eigenvalue weighted by molar-refractivity contribution is 0.180. The SMILES string of the molecule is C=CC(O)CC(C=C)CC(C=C)CO. The van der Waals surface area contributed by atoms with Crippen LogP contribution in [0.25, 0.3) is 0 Å². The van der Waals surface area contributed by atoms with Gasteiger partial charge in [0.2, 0.25) is 0 Å². The molecule has 0 bridgehead atoms. The van der Waals surface area contributed by atoms with Crippen molar-refractivity contribution < 1.29 is 10.2 Å². The van der Waals surface area contributed by atoms with E-state index in [1.807, 2.05) is 0 Å². The van der Waals surface area contributed by atoms with Gasteiger partial charge in [-0.05, 0) is 18.8 Å². The van der Waals surface area contributed by atoms with Gasteiger partial charge in [0.05, 0.1) is 6.10 Å². The highest BCUT2D eigenvalue weighted by Gasteiger charge is 2.13. The molecule has 0 spiro atoms. The average molecular weight is 196 g/mol. The lowest BCUT2D eigenvalue weighted by atomic mass is 9.90. The van der Waals surface area contributed by atoms with Crippen molar-refractivity contribution in [3.8, 4) is 0 Å². The van der Waals surface area contributed by atoms with Crippen molar-refractivity contribution in [3.63, 3.8) is 0 Å². The van der Waals surface area contributed by atoms with E-state index in [0.29, 0.717) is 6.42 Å². The first-order valence-electron chi connectivity index (χ1n) is 4.84. The van der Waals surface area contributed by atoms with Crippen molar-refractivity contribution in [2.75, 3.05) is 6.61 Å². The zero-order valence-corrected chi connectivity index (χ0v) is 8.60. The highest BCUT2D eigenvalue weighted by Crippen LogP contribution is 2.19. The third-order valence-electron chi connectivity index (χ3n) is 2.32. The zero-order valence-electron chi connectivity index (χ0n) is 8.60. The molecule has 0 saturated carbocycles. The largest absolute Gasteiger partial charge is 0.396 e. The van der Waals surface area contributed by atoms with Crippen LogP contribution in [-0.2, 0) is 0 Å². The van der Waals surface area contributed by atoms with Crippen LogP contribution in [0.1, 0.15) is 12.8 Å². The average Bonchev–Trinajstić information content (AvgIpc) is 2.23. The Labute approximate surface area is 86.3 Å². The molecule has 0 fully saturated rings. The zero-order chi connectivity index (χ0) is 11.0. The van der Waals surface area contributed by atoms with Gasteiger partial charge in [0, 0.05) is 12.5 Å². The topological polar surface area (TPSA) is 40.5 Å². The normalized spacial score (nSPS) is 16.7. The Hall–Kier alpha value is -0.860. The van der Waals surface area contributed by atoms with Gasteiger partial charge in [-0.15, -0.1) is 19.7 Å². The van der Waals surface area contributed by atoms with Crippen molar-refractivity contribution >= 4 is 0 Å². The number of hydrogen-bond donors (Lipinski definition) is 2. The molecule has 0 aromatic carbocycles. The van der Waals surface area contributed by atoms with Crippen LogP contribution in [0.2, 0.25) is 0 Å². The molecule has 2 nitrogen and oxygen atoms in total. The highest BCUT2D eigenvalue weighted by atomic mass is 16.3. The fourth-order valence-electron chi connectivity index (χ4n) is 1.33. The van der Waals surface area contributed by atoms with Crippen LogP contribution in [-0.4, -0.2) is 22.9 Å². The van der Waals surface area contributed by atoms with E-state index in [1.54, 1.807) is 12.2 Å². The summed E-state index contributed by atoms with van der Waals surface area (Å²) >= 11 is 0. The van der Waals surface area contributed by atoms with Crippen molar-refractivity contribution in [2.24, 2.45) is 11.8 Å². The number of aliphatic hydroxyl groups excluding tert-OH is 2. The molecule has 0 heterocycles. The molecule has 2 N–H and O–H groups in total. The molecule has 0 rings (SSSR count). The fourth-order valence-corrected chi connectivity index (χ4v) is 1.33. The Morgan fingerprint density at radius 1 is 0.929 bits per heavy atom. The molecule has 0 aliphatic carbocycles. The first-order valence-corrected chi connectivity index (χ1v) is 4.84. The Kier molecular flexibility index (Phi) is 7.07. The van der Waals surface area contributed by atoms with Crippen molar-refractivity contribution in [2.45, 2.75) is 18.9 Å². The van der Waals surface area contributed by atoms with Gasteiger partial charge < -0.3 is 10.2 Å². The van der Waals surface area contributed by atoms with E-state index >= 15 is 0 Å². The minimum absolute atomic E-state index is 0.0787. The second-order valence-electron chi connectivity index (χ2n) is 3.45. The summed E-state index contributed by atoms with van der Waals surface area (Å²) in [6.45, 7) is 11.0. The van der Waals surface area contributed by atoms with E-state index in [9.17, 15) is 5.11 Å². The van der Waals surface area contributed by atoms with Crippen LogP contribution >= 0.6 is 0 Å². The van der Waals surface area contributed by atoms with Crippen LogP contribution in [0.5, 0.6) is 0 Å². The Morgan fingerprint density at radius 2 is 1.50 bits per heavy atom. The summed E-state index contributed by atoms with van der Waals surface area (Å²) in [5, 5.41) is 18.3. The Morgan fingerprint density at radius 3 is 1.86 bits per heavy atom. The predicted octanol–water partition coefficient (Wildman–Crippen LogP) is 1.91. The lowest BCUT2D eigenvalue weighted by Gasteiger charge is -2.18. The quantitative estimate of drug-likeness (QED) is 0.582. The minimum atomic E-state index is -0.498. The molecule has 2 heteroatoms. The number of rotatable bonds is 8. The maximum Gasteiger partial charge on any atom is 0.0723 e. The standard InChI is InChI=1S/C12H20O2/c1-4-10(8-12(14)6-3)7-11(5-2)9-13/h4-6,10-14H,1-3,7-9H2. The van der Waals surface area contributed by atoms with Gasteiger partial charge in [-0.25, -0.2) is 0 Å². The molecule has 0 aromatic rings. The molecule has 3 atom stereocenters. The van der Waals surface area contributed by atoms with Gasteiger partial charge in [-0.3, -0.25) is 0 Å². The third kappa shape index (κ3) is 5.00. The fraction of sp³-hybridized carbons (Fsp3) is 0.500. The summed E-state index contributed by atoms with van der Waals surface area (Å²) in [7, 11) is 0. The second kappa shape index (κ2) is 7.54. The lowest BCUT2D eigenvalue weighted by Crippen LogP contribution is -2.14. The molecular weight excluding hydrogens is 176 g/mol. The van der Waals surface area contributed by atoms with Gasteiger partial charge in [-0.2, -0.15) is 0 Å². The van der Waals surface area contributed by atoms with Gasteiger partial charge in [0.15, 0.2) is 0 Å². The molecule has 3 unspecified atom stereocenters. The molecule has 80 valence electrons. The summed E-state index contributed by atoms with van der Waals surface area (Å²) in [5.74, 6) is 0.271. The molecular formula is C12H20O2. The Bertz CT molecular complexity index is 187. The smallest absolute Gasteiger partial charge is 0.0723 e.